The van der Waals surface area contributed by atoms with Gasteiger partial charge in [-0.3, -0.25) is 9.48 Å². The molecule has 0 unspecified atom stereocenters. The third-order valence-electron chi connectivity index (χ3n) is 2.27. The second-order valence-corrected chi connectivity index (χ2v) is 3.71. The number of nitrogens with one attached hydrogen (secondary N) is 1. The molecule has 2 rings (SSSR count). The highest BCUT2D eigenvalue weighted by molar-refractivity contribution is 5.91. The summed E-state index contributed by atoms with van der Waals surface area (Å²) in [6.45, 7) is 0.0899. The van der Waals surface area contributed by atoms with E-state index in [1.165, 1.54) is 16.9 Å². The number of benzene rings is 1. The number of halogens is 2. The molecule has 18 heavy (non-hydrogen) atoms. The predicted molar refractivity (Wildman–Crippen MR) is 58.5 cm³/mol. The third-order valence-corrected chi connectivity index (χ3v) is 2.27. The summed E-state index contributed by atoms with van der Waals surface area (Å²) in [5.41, 5.74) is 0.631. The second-order valence-electron chi connectivity index (χ2n) is 3.71. The molecular weight excluding hydrogens is 242 g/mol. The van der Waals surface area contributed by atoms with Crippen LogP contribution in [0.3, 0.4) is 0 Å². The maximum absolute atomic E-state index is 12.9. The summed E-state index contributed by atoms with van der Waals surface area (Å²) >= 11 is 0. The molecular formula is C11H10F2N4O. The number of amides is 1. The van der Waals surface area contributed by atoms with Crippen LogP contribution in [0.5, 0.6) is 0 Å². The molecule has 0 aliphatic carbocycles. The van der Waals surface area contributed by atoms with Crippen molar-refractivity contribution >= 4 is 5.91 Å². The van der Waals surface area contributed by atoms with Gasteiger partial charge in [0.05, 0.1) is 6.20 Å². The van der Waals surface area contributed by atoms with Crippen LogP contribution in [0.25, 0.3) is 0 Å². The molecule has 1 aromatic heterocycles. The van der Waals surface area contributed by atoms with E-state index in [-0.39, 0.29) is 12.2 Å². The van der Waals surface area contributed by atoms with Crippen LogP contribution < -0.4 is 5.32 Å². The average Bonchev–Trinajstić information content (AvgIpc) is 2.77. The quantitative estimate of drug-likeness (QED) is 0.887. The Kier molecular flexibility index (Phi) is 3.31. The molecule has 1 amide bonds. The Hall–Kier alpha value is -2.31. The molecule has 0 bridgehead atoms. The van der Waals surface area contributed by atoms with Crippen LogP contribution in [0, 0.1) is 11.6 Å². The van der Waals surface area contributed by atoms with Gasteiger partial charge in [0.25, 0.3) is 5.91 Å². The largest absolute Gasteiger partial charge is 0.347 e. The lowest BCUT2D eigenvalue weighted by Crippen LogP contribution is -2.23. The molecule has 0 radical (unpaired) electrons. The van der Waals surface area contributed by atoms with Crippen LogP contribution in [0.1, 0.15) is 16.1 Å². The first-order valence-electron chi connectivity index (χ1n) is 5.14. The molecule has 2 aromatic rings. The van der Waals surface area contributed by atoms with Gasteiger partial charge < -0.3 is 5.32 Å². The summed E-state index contributed by atoms with van der Waals surface area (Å²) in [6, 6.07) is 3.45. The predicted octanol–water partition coefficient (Wildman–Crippen LogP) is 1.02. The van der Waals surface area contributed by atoms with E-state index in [0.717, 1.165) is 12.1 Å². The van der Waals surface area contributed by atoms with Crippen LogP contribution in [0.4, 0.5) is 8.78 Å². The van der Waals surface area contributed by atoms with E-state index in [1.54, 1.807) is 7.05 Å². The number of aryl methyl sites for hydroxylation is 1. The molecule has 0 aliphatic rings. The Bertz CT molecular complexity index is 582. The highest BCUT2D eigenvalue weighted by Gasteiger charge is 2.09. The van der Waals surface area contributed by atoms with Gasteiger partial charge in [-0.05, 0) is 17.7 Å². The average molecular weight is 252 g/mol. The molecule has 0 saturated carbocycles. The minimum atomic E-state index is -0.943. The zero-order valence-electron chi connectivity index (χ0n) is 9.52. The fourth-order valence-electron chi connectivity index (χ4n) is 1.37. The smallest absolute Gasteiger partial charge is 0.273 e. The van der Waals surface area contributed by atoms with E-state index in [4.69, 9.17) is 0 Å². The number of carbonyl (C=O) groups excluding carboxylic acids is 1. The first-order chi connectivity index (χ1) is 8.56. The molecule has 7 heteroatoms. The summed E-state index contributed by atoms with van der Waals surface area (Å²) in [5.74, 6) is -2.28. The van der Waals surface area contributed by atoms with E-state index >= 15 is 0 Å². The summed E-state index contributed by atoms with van der Waals surface area (Å²) in [5, 5.41) is 9.77. The van der Waals surface area contributed by atoms with Gasteiger partial charge in [0.1, 0.15) is 0 Å². The Labute approximate surface area is 101 Å². The zero-order valence-corrected chi connectivity index (χ0v) is 9.52. The maximum atomic E-state index is 12.9. The number of aromatic nitrogens is 3. The van der Waals surface area contributed by atoms with E-state index < -0.39 is 17.5 Å². The van der Waals surface area contributed by atoms with Crippen molar-refractivity contribution in [1.82, 2.24) is 20.3 Å². The Morgan fingerprint density at radius 1 is 1.39 bits per heavy atom. The van der Waals surface area contributed by atoms with Crippen LogP contribution in [-0.2, 0) is 13.6 Å². The van der Waals surface area contributed by atoms with E-state index in [1.807, 2.05) is 0 Å². The summed E-state index contributed by atoms with van der Waals surface area (Å²) in [4.78, 5) is 11.6. The van der Waals surface area contributed by atoms with Crippen LogP contribution in [0.2, 0.25) is 0 Å². The molecule has 1 N–H and O–H groups in total. The molecule has 0 saturated heterocycles. The molecule has 0 atom stereocenters. The molecule has 1 aromatic carbocycles. The number of hydrogen-bond acceptors (Lipinski definition) is 3. The van der Waals surface area contributed by atoms with Gasteiger partial charge in [-0.15, -0.1) is 5.10 Å². The number of nitrogens with zero attached hydrogens (tertiary/aromatic N) is 3. The van der Waals surface area contributed by atoms with E-state index in [2.05, 4.69) is 15.6 Å². The number of rotatable bonds is 3. The zero-order chi connectivity index (χ0) is 13.1. The monoisotopic (exact) mass is 252 g/mol. The van der Waals surface area contributed by atoms with Crippen molar-refractivity contribution < 1.29 is 13.6 Å². The van der Waals surface area contributed by atoms with E-state index in [0.29, 0.717) is 5.56 Å². The minimum absolute atomic E-state index is 0.0899. The molecule has 0 spiro atoms. The third kappa shape index (κ3) is 2.68. The van der Waals surface area contributed by atoms with Gasteiger partial charge in [-0.25, -0.2) is 8.78 Å². The van der Waals surface area contributed by atoms with Gasteiger partial charge in [-0.1, -0.05) is 11.3 Å². The lowest BCUT2D eigenvalue weighted by Gasteiger charge is -2.03. The highest BCUT2D eigenvalue weighted by Crippen LogP contribution is 2.08. The van der Waals surface area contributed by atoms with E-state index in [9.17, 15) is 13.6 Å². The summed E-state index contributed by atoms with van der Waals surface area (Å²) in [7, 11) is 1.64. The molecule has 0 aliphatic heterocycles. The van der Waals surface area contributed by atoms with Crippen molar-refractivity contribution in [2.75, 3.05) is 0 Å². The van der Waals surface area contributed by atoms with Gasteiger partial charge in [-0.2, -0.15) is 0 Å². The lowest BCUT2D eigenvalue weighted by atomic mass is 10.2. The molecule has 1 heterocycles. The van der Waals surface area contributed by atoms with Gasteiger partial charge in [0, 0.05) is 13.6 Å². The summed E-state index contributed by atoms with van der Waals surface area (Å²) < 4.78 is 27.0. The van der Waals surface area contributed by atoms with Crippen molar-refractivity contribution in [2.45, 2.75) is 6.54 Å². The minimum Gasteiger partial charge on any atom is -0.347 e. The molecule has 94 valence electrons. The van der Waals surface area contributed by atoms with Crippen LogP contribution in [-0.4, -0.2) is 20.9 Å². The van der Waals surface area contributed by atoms with Crippen LogP contribution in [0.15, 0.2) is 24.4 Å². The standard InChI is InChI=1S/C11H10F2N4O/c1-17-6-10(15-16-17)11(18)14-5-7-2-3-8(12)9(13)4-7/h2-4,6H,5H2,1H3,(H,14,18). The second kappa shape index (κ2) is 4.91. The first-order valence-corrected chi connectivity index (χ1v) is 5.14. The lowest BCUT2D eigenvalue weighted by molar-refractivity contribution is 0.0945. The Morgan fingerprint density at radius 2 is 2.17 bits per heavy atom. The molecule has 0 fully saturated rings. The van der Waals surface area contributed by atoms with Crippen molar-refractivity contribution in [3.63, 3.8) is 0 Å². The highest BCUT2D eigenvalue weighted by atomic mass is 19.2. The van der Waals surface area contributed by atoms with Crippen molar-refractivity contribution in [2.24, 2.45) is 7.05 Å². The van der Waals surface area contributed by atoms with Crippen molar-refractivity contribution in [1.29, 1.82) is 0 Å². The number of hydrogen-bond donors (Lipinski definition) is 1. The normalized spacial score (nSPS) is 10.4. The first kappa shape index (κ1) is 12.2. The van der Waals surface area contributed by atoms with Gasteiger partial charge in [0.15, 0.2) is 17.3 Å². The fourth-order valence-corrected chi connectivity index (χ4v) is 1.37. The van der Waals surface area contributed by atoms with Crippen molar-refractivity contribution in [3.05, 3.63) is 47.3 Å². The molecule has 5 nitrogen and oxygen atoms in total. The Balaban J connectivity index is 1.99. The van der Waals surface area contributed by atoms with Crippen LogP contribution >= 0.6 is 0 Å². The SMILES string of the molecule is Cn1cc(C(=O)NCc2ccc(F)c(F)c2)nn1. The van der Waals surface area contributed by atoms with Gasteiger partial charge >= 0.3 is 0 Å². The summed E-state index contributed by atoms with van der Waals surface area (Å²) in [6.07, 6.45) is 1.46. The van der Waals surface area contributed by atoms with Gasteiger partial charge in [0.2, 0.25) is 0 Å². The van der Waals surface area contributed by atoms with Crippen molar-refractivity contribution in [3.8, 4) is 0 Å². The Morgan fingerprint density at radius 3 is 2.78 bits per heavy atom. The maximum Gasteiger partial charge on any atom is 0.273 e. The topological polar surface area (TPSA) is 59.8 Å². The number of carbonyl (C=O) groups is 1. The fraction of sp³-hybridized carbons (Fsp3) is 0.182.